The van der Waals surface area contributed by atoms with E-state index in [-0.39, 0.29) is 23.0 Å². The Morgan fingerprint density at radius 1 is 1.20 bits per heavy atom. The van der Waals surface area contributed by atoms with E-state index in [4.69, 9.17) is 0 Å². The molecule has 1 saturated heterocycles. The maximum absolute atomic E-state index is 12.5. The highest BCUT2D eigenvalue weighted by molar-refractivity contribution is 7.13. The van der Waals surface area contributed by atoms with Crippen molar-refractivity contribution in [2.75, 3.05) is 0 Å². The summed E-state index contributed by atoms with van der Waals surface area (Å²) in [4.78, 5) is 17.1. The Kier molecular flexibility index (Phi) is 4.98. The lowest BCUT2D eigenvalue weighted by Crippen LogP contribution is -2.62. The number of aromatic nitrogens is 1. The molecule has 25 heavy (non-hydrogen) atoms. The maximum atomic E-state index is 12.5. The van der Waals surface area contributed by atoms with Gasteiger partial charge < -0.3 is 10.6 Å². The maximum Gasteiger partial charge on any atom is 0.226 e. The summed E-state index contributed by atoms with van der Waals surface area (Å²) in [7, 11) is 0. The van der Waals surface area contributed by atoms with Gasteiger partial charge in [0.15, 0.2) is 0 Å². The van der Waals surface area contributed by atoms with E-state index in [0.717, 1.165) is 29.1 Å². The molecule has 1 aromatic heterocycles. The fourth-order valence-electron chi connectivity index (χ4n) is 3.97. The Bertz CT molecular complexity index is 720. The first-order chi connectivity index (χ1) is 11.7. The normalized spacial score (nSPS) is 19.5. The molecule has 2 N–H and O–H groups in total. The van der Waals surface area contributed by atoms with E-state index >= 15 is 0 Å². The van der Waals surface area contributed by atoms with Gasteiger partial charge in [-0.3, -0.25) is 4.79 Å². The van der Waals surface area contributed by atoms with Crippen molar-refractivity contribution in [2.24, 2.45) is 0 Å². The van der Waals surface area contributed by atoms with E-state index in [1.807, 2.05) is 35.7 Å². The average Bonchev–Trinajstić information content (AvgIpc) is 2.93. The molecule has 2 aromatic rings. The van der Waals surface area contributed by atoms with Gasteiger partial charge in [-0.25, -0.2) is 4.98 Å². The van der Waals surface area contributed by atoms with E-state index in [0.29, 0.717) is 6.42 Å². The van der Waals surface area contributed by atoms with Gasteiger partial charge in [0.2, 0.25) is 5.91 Å². The molecule has 0 saturated carbocycles. The summed E-state index contributed by atoms with van der Waals surface area (Å²) >= 11 is 1.59. The second kappa shape index (κ2) is 6.89. The highest BCUT2D eigenvalue weighted by Crippen LogP contribution is 2.28. The smallest absolute Gasteiger partial charge is 0.226 e. The number of hydrogen-bond donors (Lipinski definition) is 2. The van der Waals surface area contributed by atoms with Gasteiger partial charge in [0.1, 0.15) is 5.01 Å². The Morgan fingerprint density at radius 3 is 2.48 bits per heavy atom. The van der Waals surface area contributed by atoms with E-state index in [1.54, 1.807) is 11.3 Å². The SMILES string of the molecule is CC1(C)CC(NC(=O)Cc2csc(-c3ccccc3)n2)CC(C)(C)N1. The Hall–Kier alpha value is -1.72. The third-order valence-electron chi connectivity index (χ3n) is 4.47. The minimum atomic E-state index is 0.0286. The zero-order valence-electron chi connectivity index (χ0n) is 15.4. The molecule has 4 nitrogen and oxygen atoms in total. The van der Waals surface area contributed by atoms with Crippen molar-refractivity contribution in [3.63, 3.8) is 0 Å². The second-order valence-electron chi connectivity index (χ2n) is 8.25. The van der Waals surface area contributed by atoms with Crippen LogP contribution >= 0.6 is 11.3 Å². The minimum absolute atomic E-state index is 0.0286. The first-order valence-electron chi connectivity index (χ1n) is 8.81. The number of benzene rings is 1. The molecule has 0 aliphatic carbocycles. The van der Waals surface area contributed by atoms with Crippen molar-refractivity contribution in [1.82, 2.24) is 15.6 Å². The minimum Gasteiger partial charge on any atom is -0.353 e. The Labute approximate surface area is 154 Å². The number of hydrogen-bond acceptors (Lipinski definition) is 4. The van der Waals surface area contributed by atoms with E-state index in [1.165, 1.54) is 0 Å². The highest BCUT2D eigenvalue weighted by Gasteiger charge is 2.38. The van der Waals surface area contributed by atoms with Crippen LogP contribution in [-0.2, 0) is 11.2 Å². The lowest BCUT2D eigenvalue weighted by Gasteiger charge is -2.46. The van der Waals surface area contributed by atoms with Crippen LogP contribution in [0.25, 0.3) is 10.6 Å². The van der Waals surface area contributed by atoms with Crippen LogP contribution in [0.2, 0.25) is 0 Å². The van der Waals surface area contributed by atoms with Gasteiger partial charge in [0.25, 0.3) is 0 Å². The largest absolute Gasteiger partial charge is 0.353 e. The number of nitrogens with zero attached hydrogens (tertiary/aromatic N) is 1. The summed E-state index contributed by atoms with van der Waals surface area (Å²) in [6.45, 7) is 8.78. The van der Waals surface area contributed by atoms with Crippen molar-refractivity contribution in [3.05, 3.63) is 41.4 Å². The summed E-state index contributed by atoms with van der Waals surface area (Å²) in [5, 5.41) is 9.81. The molecule has 3 rings (SSSR count). The van der Waals surface area contributed by atoms with Gasteiger partial charge in [-0.15, -0.1) is 11.3 Å². The Morgan fingerprint density at radius 2 is 1.84 bits per heavy atom. The number of nitrogens with one attached hydrogen (secondary N) is 2. The van der Waals surface area contributed by atoms with Crippen LogP contribution in [0.5, 0.6) is 0 Å². The molecule has 134 valence electrons. The predicted octanol–water partition coefficient (Wildman–Crippen LogP) is 3.78. The van der Waals surface area contributed by atoms with E-state index in [9.17, 15) is 4.79 Å². The van der Waals surface area contributed by atoms with E-state index < -0.39 is 0 Å². The van der Waals surface area contributed by atoms with Crippen LogP contribution in [0.15, 0.2) is 35.7 Å². The van der Waals surface area contributed by atoms with Crippen LogP contribution in [0.1, 0.15) is 46.2 Å². The van der Waals surface area contributed by atoms with Crippen LogP contribution in [-0.4, -0.2) is 28.0 Å². The standard InChI is InChI=1S/C20H27N3OS/c1-19(2)11-16(12-20(3,4)23-19)21-17(24)10-15-13-25-18(22-15)14-8-6-5-7-9-14/h5-9,13,16,23H,10-12H2,1-4H3,(H,21,24). The number of carbonyl (C=O) groups excluding carboxylic acids is 1. The molecule has 0 bridgehead atoms. The van der Waals surface area contributed by atoms with Crippen molar-refractivity contribution in [2.45, 2.75) is 64.1 Å². The molecule has 1 aromatic carbocycles. The van der Waals surface area contributed by atoms with Crippen LogP contribution in [0.4, 0.5) is 0 Å². The monoisotopic (exact) mass is 357 g/mol. The summed E-state index contributed by atoms with van der Waals surface area (Å²) in [6, 6.07) is 10.3. The van der Waals surface area contributed by atoms with Gasteiger partial charge >= 0.3 is 0 Å². The molecule has 0 unspecified atom stereocenters. The number of amides is 1. The topological polar surface area (TPSA) is 54.0 Å². The van der Waals surface area contributed by atoms with Gasteiger partial charge in [-0.1, -0.05) is 30.3 Å². The second-order valence-corrected chi connectivity index (χ2v) is 9.11. The summed E-state index contributed by atoms with van der Waals surface area (Å²) in [5.74, 6) is 0.0587. The lowest BCUT2D eigenvalue weighted by molar-refractivity contribution is -0.121. The average molecular weight is 358 g/mol. The quantitative estimate of drug-likeness (QED) is 0.875. The first-order valence-corrected chi connectivity index (χ1v) is 9.69. The molecular weight excluding hydrogens is 330 g/mol. The third kappa shape index (κ3) is 4.89. The third-order valence-corrected chi connectivity index (χ3v) is 5.41. The summed E-state index contributed by atoms with van der Waals surface area (Å²) < 4.78 is 0. The van der Waals surface area contributed by atoms with Gasteiger partial charge in [-0.05, 0) is 40.5 Å². The Balaban J connectivity index is 1.61. The zero-order chi connectivity index (χ0) is 18.1. The zero-order valence-corrected chi connectivity index (χ0v) is 16.2. The van der Waals surface area contributed by atoms with Gasteiger partial charge in [-0.2, -0.15) is 0 Å². The van der Waals surface area contributed by atoms with Crippen LogP contribution < -0.4 is 10.6 Å². The highest BCUT2D eigenvalue weighted by atomic mass is 32.1. The number of rotatable bonds is 4. The summed E-state index contributed by atoms with van der Waals surface area (Å²) in [6.07, 6.45) is 2.22. The van der Waals surface area contributed by atoms with Crippen LogP contribution in [0, 0.1) is 0 Å². The first kappa shape index (κ1) is 18.1. The molecule has 1 aliphatic rings. The fraction of sp³-hybridized carbons (Fsp3) is 0.500. The molecule has 0 radical (unpaired) electrons. The predicted molar refractivity (Wildman–Crippen MR) is 104 cm³/mol. The van der Waals surface area contributed by atoms with Crippen molar-refractivity contribution in [3.8, 4) is 10.6 Å². The lowest BCUT2D eigenvalue weighted by atomic mass is 9.79. The van der Waals surface area contributed by atoms with Crippen LogP contribution in [0.3, 0.4) is 0 Å². The molecule has 5 heteroatoms. The molecule has 1 fully saturated rings. The molecule has 0 spiro atoms. The number of piperidine rings is 1. The number of thiazole rings is 1. The molecule has 1 aliphatic heterocycles. The van der Waals surface area contributed by atoms with Gasteiger partial charge in [0, 0.05) is 28.1 Å². The molecular formula is C20H27N3OS. The van der Waals surface area contributed by atoms with Crippen molar-refractivity contribution >= 4 is 17.2 Å². The number of carbonyl (C=O) groups is 1. The summed E-state index contributed by atoms with van der Waals surface area (Å²) in [5.41, 5.74) is 2.00. The van der Waals surface area contributed by atoms with Crippen molar-refractivity contribution < 1.29 is 4.79 Å². The van der Waals surface area contributed by atoms with Gasteiger partial charge in [0.05, 0.1) is 12.1 Å². The molecule has 2 heterocycles. The fourth-order valence-corrected chi connectivity index (χ4v) is 4.79. The van der Waals surface area contributed by atoms with E-state index in [2.05, 4.69) is 43.3 Å². The molecule has 1 amide bonds. The van der Waals surface area contributed by atoms with Crippen molar-refractivity contribution in [1.29, 1.82) is 0 Å². The molecule has 0 atom stereocenters.